The van der Waals surface area contributed by atoms with E-state index < -0.39 is 41.5 Å². The standard InChI is InChI=1S/C50H78N6O17/c1-38-20-21-43(60)54(38)71-48(65)17-11-5-2-8-14-29-51-40(57)26-32-68-35-39(36-69-33-27-41(58)52-30-15-9-3-6-12-18-49(66)72-55-44(61)22-23-45(55)62)37-70-34-28-42(59)53-31-16-10-4-7-13-19-50(67)73-56-46(63)24-25-47(56)64/h39H,1-37H2,(H,51,57)(H,52,58)(H,53,59). The van der Waals surface area contributed by atoms with E-state index in [0.717, 1.165) is 82.1 Å². The van der Waals surface area contributed by atoms with Gasteiger partial charge >= 0.3 is 17.9 Å². The average molecular weight is 1040 g/mol. The second-order valence-corrected chi connectivity index (χ2v) is 18.3. The summed E-state index contributed by atoms with van der Waals surface area (Å²) in [6.07, 6.45) is 13.3. The molecule has 0 aromatic heterocycles. The molecule has 73 heavy (non-hydrogen) atoms. The number of hydrogen-bond donors (Lipinski definition) is 3. The molecule has 3 heterocycles. The zero-order valence-corrected chi connectivity index (χ0v) is 42.5. The zero-order chi connectivity index (χ0) is 53.1. The Kier molecular flexibility index (Phi) is 31.2. The van der Waals surface area contributed by atoms with Crippen LogP contribution in [0.2, 0.25) is 0 Å². The maximum Gasteiger partial charge on any atom is 0.333 e. The SMILES string of the molecule is C=C1CCC(=O)N1OC(=O)CCCCCCCNC(=O)CCOCC(COCCC(=O)NCCCCCCCC(=O)ON1C(=O)CCC1=O)COCCC(=O)NCCCCCCCC(=O)ON1C(=O)CCC1=O. The monoisotopic (exact) mass is 1030 g/mol. The zero-order valence-electron chi connectivity index (χ0n) is 42.5. The van der Waals surface area contributed by atoms with Gasteiger partial charge in [0.1, 0.15) is 0 Å². The van der Waals surface area contributed by atoms with Crippen molar-refractivity contribution < 1.29 is 81.5 Å². The fourth-order valence-corrected chi connectivity index (χ4v) is 7.62. The number of allylic oxidation sites excluding steroid dienone is 1. The van der Waals surface area contributed by atoms with Gasteiger partial charge in [-0.2, -0.15) is 0 Å². The van der Waals surface area contributed by atoms with Crippen LogP contribution in [0.25, 0.3) is 0 Å². The van der Waals surface area contributed by atoms with Crippen molar-refractivity contribution >= 4 is 65.2 Å². The quantitative estimate of drug-likeness (QED) is 0.0575. The van der Waals surface area contributed by atoms with Crippen molar-refractivity contribution in [2.24, 2.45) is 5.92 Å². The minimum Gasteiger partial charge on any atom is -0.380 e. The van der Waals surface area contributed by atoms with E-state index >= 15 is 0 Å². The first-order valence-electron chi connectivity index (χ1n) is 26.1. The summed E-state index contributed by atoms with van der Waals surface area (Å²) in [5.41, 5.74) is 0.490. The van der Waals surface area contributed by atoms with Gasteiger partial charge in [-0.3, -0.25) is 38.4 Å². The van der Waals surface area contributed by atoms with E-state index in [1.807, 2.05) is 0 Å². The summed E-state index contributed by atoms with van der Waals surface area (Å²) in [5, 5.41) is 10.7. The molecule has 23 nitrogen and oxygen atoms in total. The molecule has 3 N–H and O–H groups in total. The summed E-state index contributed by atoms with van der Waals surface area (Å²) in [6.45, 7) is 6.38. The van der Waals surface area contributed by atoms with Crippen molar-refractivity contribution in [2.75, 3.05) is 59.3 Å². The molecule has 3 aliphatic heterocycles. The first-order chi connectivity index (χ1) is 35.2. The number of carbonyl (C=O) groups is 11. The highest BCUT2D eigenvalue weighted by Crippen LogP contribution is 2.22. The fraction of sp³-hybridized carbons (Fsp3) is 0.740. The predicted octanol–water partition coefficient (Wildman–Crippen LogP) is 4.00. The van der Waals surface area contributed by atoms with Crippen LogP contribution in [0, 0.1) is 5.92 Å². The Hall–Kier alpha value is -5.81. The summed E-state index contributed by atoms with van der Waals surface area (Å²) < 4.78 is 17.4. The van der Waals surface area contributed by atoms with E-state index in [9.17, 15) is 52.7 Å². The van der Waals surface area contributed by atoms with Crippen molar-refractivity contribution in [1.82, 2.24) is 31.1 Å². The minimum atomic E-state index is -0.613. The lowest BCUT2D eigenvalue weighted by Crippen LogP contribution is -2.31. The van der Waals surface area contributed by atoms with E-state index in [2.05, 4.69) is 22.5 Å². The maximum absolute atomic E-state index is 12.4. The number of nitrogens with one attached hydrogen (secondary N) is 3. The second-order valence-electron chi connectivity index (χ2n) is 18.3. The molecule has 23 heteroatoms. The van der Waals surface area contributed by atoms with Crippen LogP contribution in [-0.2, 0) is 81.5 Å². The van der Waals surface area contributed by atoms with E-state index in [0.29, 0.717) is 67.6 Å². The van der Waals surface area contributed by atoms with E-state index in [4.69, 9.17) is 28.7 Å². The molecule has 0 unspecified atom stereocenters. The molecule has 3 aliphatic rings. The number of hydrogen-bond acceptors (Lipinski definition) is 17. The number of hydroxylamine groups is 6. The van der Waals surface area contributed by atoms with Crippen molar-refractivity contribution in [3.63, 3.8) is 0 Å². The second kappa shape index (κ2) is 37.0. The van der Waals surface area contributed by atoms with Gasteiger partial charge in [-0.1, -0.05) is 64.4 Å². The summed E-state index contributed by atoms with van der Waals surface area (Å²) >= 11 is 0. The topological polar surface area (TPSA) is 289 Å². The lowest BCUT2D eigenvalue weighted by Gasteiger charge is -2.18. The van der Waals surface area contributed by atoms with Crippen LogP contribution in [0.15, 0.2) is 12.3 Å². The van der Waals surface area contributed by atoms with Crippen molar-refractivity contribution in [1.29, 1.82) is 0 Å². The molecule has 0 atom stereocenters. The number of ether oxygens (including phenoxy) is 3. The molecule has 8 amide bonds. The lowest BCUT2D eigenvalue weighted by molar-refractivity contribution is -0.197. The van der Waals surface area contributed by atoms with Crippen molar-refractivity contribution in [2.45, 2.75) is 173 Å². The number of rotatable bonds is 42. The molecule has 3 fully saturated rings. The number of imide groups is 2. The average Bonchev–Trinajstić information content (AvgIpc) is 3.98. The number of amides is 8. The first kappa shape index (κ1) is 61.5. The molecular weight excluding hydrogens is 957 g/mol. The molecule has 0 aromatic carbocycles. The van der Waals surface area contributed by atoms with E-state index in [1.165, 1.54) is 0 Å². The molecule has 0 aromatic rings. The van der Waals surface area contributed by atoms with E-state index in [1.54, 1.807) is 0 Å². The molecule has 3 rings (SSSR count). The first-order valence-corrected chi connectivity index (χ1v) is 26.1. The highest BCUT2D eigenvalue weighted by Gasteiger charge is 2.34. The van der Waals surface area contributed by atoms with Gasteiger partial charge in [0.2, 0.25) is 17.7 Å². The van der Waals surface area contributed by atoms with Gasteiger partial charge in [0.05, 0.1) is 45.3 Å². The third kappa shape index (κ3) is 27.7. The van der Waals surface area contributed by atoms with Crippen LogP contribution in [0.1, 0.15) is 173 Å². The number of nitrogens with zero attached hydrogens (tertiary/aromatic N) is 3. The maximum atomic E-state index is 12.4. The highest BCUT2D eigenvalue weighted by molar-refractivity contribution is 6.02. The molecule has 0 spiro atoms. The largest absolute Gasteiger partial charge is 0.380 e. The highest BCUT2D eigenvalue weighted by atomic mass is 16.7. The third-order valence-electron chi connectivity index (χ3n) is 11.9. The van der Waals surface area contributed by atoms with Crippen LogP contribution in [0.3, 0.4) is 0 Å². The Morgan fingerprint density at radius 1 is 0.384 bits per heavy atom. The van der Waals surface area contributed by atoms with Crippen LogP contribution in [-0.4, -0.2) is 140 Å². The smallest absolute Gasteiger partial charge is 0.333 e. The van der Waals surface area contributed by atoms with Gasteiger partial charge in [-0.05, 0) is 44.9 Å². The van der Waals surface area contributed by atoms with Crippen LogP contribution < -0.4 is 16.0 Å². The summed E-state index contributed by atoms with van der Waals surface area (Å²) in [4.78, 5) is 146. The fourth-order valence-electron chi connectivity index (χ4n) is 7.62. The molecule has 0 radical (unpaired) electrons. The van der Waals surface area contributed by atoms with Gasteiger partial charge in [0.25, 0.3) is 29.5 Å². The van der Waals surface area contributed by atoms with Crippen LogP contribution in [0.5, 0.6) is 0 Å². The number of unbranched alkanes of at least 4 members (excludes halogenated alkanes) is 12. The Balaban J connectivity index is 1.23. The van der Waals surface area contributed by atoms with Gasteiger partial charge in [-0.25, -0.2) is 14.4 Å². The molecule has 410 valence electrons. The molecule has 0 aliphatic carbocycles. The minimum absolute atomic E-state index is 0.0491. The van der Waals surface area contributed by atoms with Gasteiger partial charge in [0.15, 0.2) is 0 Å². The Morgan fingerprint density at radius 3 is 0.973 bits per heavy atom. The lowest BCUT2D eigenvalue weighted by atomic mass is 10.1. The normalized spacial score (nSPS) is 14.7. The third-order valence-corrected chi connectivity index (χ3v) is 11.9. The van der Waals surface area contributed by atoms with Gasteiger partial charge < -0.3 is 44.7 Å². The summed E-state index contributed by atoms with van der Waals surface area (Å²) in [5.74, 6) is -4.68. The number of carbonyl (C=O) groups excluding carboxylic acids is 11. The summed E-state index contributed by atoms with van der Waals surface area (Å²) in [7, 11) is 0. The van der Waals surface area contributed by atoms with Crippen molar-refractivity contribution in [3.05, 3.63) is 12.3 Å². The van der Waals surface area contributed by atoms with Gasteiger partial charge in [0, 0.05) is 96.2 Å². The predicted molar refractivity (Wildman–Crippen MR) is 258 cm³/mol. The van der Waals surface area contributed by atoms with Gasteiger partial charge in [-0.15, -0.1) is 15.2 Å². The molecular formula is C50H78N6O17. The van der Waals surface area contributed by atoms with Crippen LogP contribution in [0.4, 0.5) is 0 Å². The molecule has 3 saturated heterocycles. The van der Waals surface area contributed by atoms with E-state index in [-0.39, 0.29) is 133 Å². The van der Waals surface area contributed by atoms with Crippen molar-refractivity contribution in [3.8, 4) is 0 Å². The Labute approximate surface area is 427 Å². The molecule has 0 saturated carbocycles. The van der Waals surface area contributed by atoms with Crippen LogP contribution >= 0.6 is 0 Å². The summed E-state index contributed by atoms with van der Waals surface area (Å²) in [6, 6.07) is 0. The Morgan fingerprint density at radius 2 is 0.658 bits per heavy atom. The Bertz CT molecular complexity index is 1590. The molecule has 0 bridgehead atoms.